The minimum Gasteiger partial charge on any atom is -0.411 e. The molecule has 134 valence electrons. The van der Waals surface area contributed by atoms with Gasteiger partial charge in [0.1, 0.15) is 5.71 Å². The molecule has 1 aliphatic rings. The van der Waals surface area contributed by atoms with Crippen molar-refractivity contribution in [2.75, 3.05) is 39.8 Å². The molecule has 25 heavy (non-hydrogen) atoms. The first-order valence-corrected chi connectivity index (χ1v) is 9.01. The second-order valence-corrected chi connectivity index (χ2v) is 7.21. The van der Waals surface area contributed by atoms with E-state index >= 15 is 0 Å². The average molecular weight is 378 g/mol. The fraction of sp³-hybridized carbons (Fsp3) is 0.316. The molecular formula is C19H24ClN3OS. The second-order valence-electron chi connectivity index (χ2n) is 6.07. The summed E-state index contributed by atoms with van der Waals surface area (Å²) in [5, 5.41) is 13.0. The zero-order valence-corrected chi connectivity index (χ0v) is 16.0. The smallest absolute Gasteiger partial charge is 0.101 e. The molecule has 1 aliphatic heterocycles. The molecule has 0 atom stereocenters. The van der Waals surface area contributed by atoms with Gasteiger partial charge in [0.2, 0.25) is 0 Å². The van der Waals surface area contributed by atoms with Gasteiger partial charge in [0.25, 0.3) is 0 Å². The summed E-state index contributed by atoms with van der Waals surface area (Å²) >= 11 is 1.73. The Kier molecular flexibility index (Phi) is 7.78. The molecule has 1 fully saturated rings. The third kappa shape index (κ3) is 5.75. The van der Waals surface area contributed by atoms with Gasteiger partial charge in [-0.2, -0.15) is 0 Å². The fourth-order valence-electron chi connectivity index (χ4n) is 2.74. The van der Waals surface area contributed by atoms with Crippen LogP contribution in [-0.2, 0) is 0 Å². The average Bonchev–Trinajstić information content (AvgIpc) is 2.63. The molecule has 0 aromatic heterocycles. The van der Waals surface area contributed by atoms with Gasteiger partial charge in [0.15, 0.2) is 0 Å². The number of benzene rings is 2. The van der Waals surface area contributed by atoms with Crippen molar-refractivity contribution >= 4 is 29.9 Å². The summed E-state index contributed by atoms with van der Waals surface area (Å²) in [5.41, 5.74) is 1.71. The first-order chi connectivity index (χ1) is 11.7. The van der Waals surface area contributed by atoms with Gasteiger partial charge in [-0.15, -0.1) is 12.4 Å². The van der Waals surface area contributed by atoms with Crippen LogP contribution < -0.4 is 0 Å². The highest BCUT2D eigenvalue weighted by Crippen LogP contribution is 2.27. The lowest BCUT2D eigenvalue weighted by Gasteiger charge is -2.32. The number of rotatable bonds is 5. The van der Waals surface area contributed by atoms with Crippen LogP contribution in [0, 0.1) is 0 Å². The maximum atomic E-state index is 9.41. The molecule has 0 radical (unpaired) electrons. The molecule has 0 bridgehead atoms. The largest absolute Gasteiger partial charge is 0.411 e. The summed E-state index contributed by atoms with van der Waals surface area (Å²) < 4.78 is 0. The molecule has 0 aliphatic carbocycles. The van der Waals surface area contributed by atoms with Crippen LogP contribution in [0.5, 0.6) is 0 Å². The van der Waals surface area contributed by atoms with E-state index in [4.69, 9.17) is 0 Å². The zero-order chi connectivity index (χ0) is 16.8. The second kappa shape index (κ2) is 9.82. The van der Waals surface area contributed by atoms with Crippen molar-refractivity contribution in [2.45, 2.75) is 9.79 Å². The first kappa shape index (κ1) is 19.8. The Morgan fingerprint density at radius 3 is 2.16 bits per heavy atom. The SMILES string of the molecule is CN1CCN(C/C(=N/O)c2ccc(Sc3ccccc3)cc2)CC1.Cl. The van der Waals surface area contributed by atoms with Crippen molar-refractivity contribution in [3.8, 4) is 0 Å². The van der Waals surface area contributed by atoms with E-state index in [2.05, 4.69) is 46.3 Å². The van der Waals surface area contributed by atoms with E-state index in [1.807, 2.05) is 30.3 Å². The summed E-state index contributed by atoms with van der Waals surface area (Å²) in [6, 6.07) is 18.6. The standard InChI is InChI=1S/C19H23N3OS.ClH/c1-21-11-13-22(14-12-21)15-19(20-23)16-7-9-18(10-8-16)24-17-5-3-2-4-6-17;/h2-10,23H,11-15H2,1H3;1H/b20-19-;. The topological polar surface area (TPSA) is 39.1 Å². The molecule has 0 amide bonds. The van der Waals surface area contributed by atoms with Crippen LogP contribution in [0.15, 0.2) is 69.5 Å². The highest BCUT2D eigenvalue weighted by Gasteiger charge is 2.16. The number of nitrogens with zero attached hydrogens (tertiary/aromatic N) is 3. The van der Waals surface area contributed by atoms with Gasteiger partial charge in [-0.3, -0.25) is 4.90 Å². The molecule has 3 rings (SSSR count). The van der Waals surface area contributed by atoms with Crippen molar-refractivity contribution in [2.24, 2.45) is 5.16 Å². The van der Waals surface area contributed by atoms with Crippen molar-refractivity contribution < 1.29 is 5.21 Å². The number of piperazine rings is 1. The number of halogens is 1. The summed E-state index contributed by atoms with van der Waals surface area (Å²) in [5.74, 6) is 0. The van der Waals surface area contributed by atoms with Gasteiger partial charge in [0, 0.05) is 48.1 Å². The van der Waals surface area contributed by atoms with Gasteiger partial charge in [0.05, 0.1) is 0 Å². The lowest BCUT2D eigenvalue weighted by atomic mass is 10.1. The minimum atomic E-state index is 0. The van der Waals surface area contributed by atoms with Crippen LogP contribution in [0.3, 0.4) is 0 Å². The molecule has 1 heterocycles. The van der Waals surface area contributed by atoms with E-state index in [1.165, 1.54) is 9.79 Å². The van der Waals surface area contributed by atoms with Crippen molar-refractivity contribution in [1.82, 2.24) is 9.80 Å². The van der Waals surface area contributed by atoms with E-state index < -0.39 is 0 Å². The van der Waals surface area contributed by atoms with Gasteiger partial charge >= 0.3 is 0 Å². The quantitative estimate of drug-likeness (QED) is 0.490. The fourth-order valence-corrected chi connectivity index (χ4v) is 3.58. The lowest BCUT2D eigenvalue weighted by Crippen LogP contribution is -2.46. The highest BCUT2D eigenvalue weighted by atomic mass is 35.5. The van der Waals surface area contributed by atoms with Crippen LogP contribution in [0.25, 0.3) is 0 Å². The predicted molar refractivity (Wildman–Crippen MR) is 107 cm³/mol. The monoisotopic (exact) mass is 377 g/mol. The van der Waals surface area contributed by atoms with E-state index in [-0.39, 0.29) is 12.4 Å². The summed E-state index contributed by atoms with van der Waals surface area (Å²) in [6.07, 6.45) is 0. The summed E-state index contributed by atoms with van der Waals surface area (Å²) in [7, 11) is 2.14. The van der Waals surface area contributed by atoms with E-state index in [1.54, 1.807) is 11.8 Å². The van der Waals surface area contributed by atoms with Gasteiger partial charge in [-0.1, -0.05) is 47.2 Å². The highest BCUT2D eigenvalue weighted by molar-refractivity contribution is 7.99. The molecule has 1 N–H and O–H groups in total. The maximum absolute atomic E-state index is 9.41. The Balaban J connectivity index is 0.00000225. The third-order valence-electron chi connectivity index (χ3n) is 4.26. The van der Waals surface area contributed by atoms with Crippen molar-refractivity contribution in [3.63, 3.8) is 0 Å². The van der Waals surface area contributed by atoms with Crippen LogP contribution in [-0.4, -0.2) is 60.5 Å². The van der Waals surface area contributed by atoms with Gasteiger partial charge < -0.3 is 10.1 Å². The Labute approximate surface area is 159 Å². The summed E-state index contributed by atoms with van der Waals surface area (Å²) in [6.45, 7) is 4.83. The maximum Gasteiger partial charge on any atom is 0.101 e. The third-order valence-corrected chi connectivity index (χ3v) is 5.27. The molecule has 0 unspecified atom stereocenters. The normalized spacial score (nSPS) is 16.4. The van der Waals surface area contributed by atoms with Crippen LogP contribution in [0.4, 0.5) is 0 Å². The molecule has 2 aromatic rings. The Morgan fingerprint density at radius 1 is 0.960 bits per heavy atom. The van der Waals surface area contributed by atoms with Crippen LogP contribution in [0.1, 0.15) is 5.56 Å². The number of hydrogen-bond donors (Lipinski definition) is 1. The number of likely N-dealkylation sites (N-methyl/N-ethyl adjacent to an activating group) is 1. The number of hydrogen-bond acceptors (Lipinski definition) is 5. The van der Waals surface area contributed by atoms with Crippen molar-refractivity contribution in [3.05, 3.63) is 60.2 Å². The van der Waals surface area contributed by atoms with Crippen molar-refractivity contribution in [1.29, 1.82) is 0 Å². The van der Waals surface area contributed by atoms with Crippen LogP contribution >= 0.6 is 24.2 Å². The number of oxime groups is 1. The molecule has 2 aromatic carbocycles. The molecule has 0 spiro atoms. The molecule has 0 saturated carbocycles. The van der Waals surface area contributed by atoms with Gasteiger partial charge in [-0.25, -0.2) is 0 Å². The molecular weight excluding hydrogens is 354 g/mol. The van der Waals surface area contributed by atoms with E-state index in [9.17, 15) is 5.21 Å². The first-order valence-electron chi connectivity index (χ1n) is 8.20. The summed E-state index contributed by atoms with van der Waals surface area (Å²) in [4.78, 5) is 7.06. The lowest BCUT2D eigenvalue weighted by molar-refractivity contribution is 0.169. The molecule has 6 heteroatoms. The predicted octanol–water partition coefficient (Wildman–Crippen LogP) is 3.69. The molecule has 4 nitrogen and oxygen atoms in total. The zero-order valence-electron chi connectivity index (χ0n) is 14.3. The van der Waals surface area contributed by atoms with Crippen LogP contribution in [0.2, 0.25) is 0 Å². The Morgan fingerprint density at radius 2 is 1.56 bits per heavy atom. The minimum absolute atomic E-state index is 0. The van der Waals surface area contributed by atoms with E-state index in [0.717, 1.165) is 37.5 Å². The Bertz CT molecular complexity index is 671. The van der Waals surface area contributed by atoms with E-state index in [0.29, 0.717) is 6.54 Å². The Hall–Kier alpha value is -1.53. The molecule has 1 saturated heterocycles. The van der Waals surface area contributed by atoms with Gasteiger partial charge in [-0.05, 0) is 31.3 Å².